The number of benzene rings is 4. The van der Waals surface area contributed by atoms with E-state index in [9.17, 15) is 10.1 Å². The van der Waals surface area contributed by atoms with E-state index in [1.54, 1.807) is 40.9 Å². The maximum atomic E-state index is 13.5. The van der Waals surface area contributed by atoms with Crippen LogP contribution in [0.25, 0.3) is 21.9 Å². The van der Waals surface area contributed by atoms with Crippen molar-refractivity contribution in [2.75, 3.05) is 0 Å². The van der Waals surface area contributed by atoms with Crippen molar-refractivity contribution < 1.29 is 4.79 Å². The molecule has 5 rings (SSSR count). The number of aromatic nitrogens is 1. The zero-order valence-electron chi connectivity index (χ0n) is 19.3. The number of nitriles is 2. The van der Waals surface area contributed by atoms with E-state index in [0.717, 1.165) is 32.3 Å². The van der Waals surface area contributed by atoms with Crippen LogP contribution in [0, 0.1) is 22.7 Å². The average molecular weight is 485 g/mol. The van der Waals surface area contributed by atoms with Crippen LogP contribution in [0.2, 0.25) is 0 Å². The van der Waals surface area contributed by atoms with Gasteiger partial charge in [0.05, 0.1) is 35.3 Å². The Morgan fingerprint density at radius 2 is 1.67 bits per heavy atom. The van der Waals surface area contributed by atoms with Crippen LogP contribution in [0.3, 0.4) is 0 Å². The van der Waals surface area contributed by atoms with E-state index in [1.807, 2.05) is 42.5 Å². The van der Waals surface area contributed by atoms with Crippen molar-refractivity contribution in [3.63, 3.8) is 0 Å². The lowest BCUT2D eigenvalue weighted by molar-refractivity contribution is 0.0731. The van der Waals surface area contributed by atoms with Crippen molar-refractivity contribution in [1.29, 1.82) is 10.5 Å². The molecular formula is C30H20N4OS. The van der Waals surface area contributed by atoms with Crippen LogP contribution in [0.4, 0.5) is 0 Å². The van der Waals surface area contributed by atoms with Crippen molar-refractivity contribution in [3.05, 3.63) is 124 Å². The molecule has 0 bridgehead atoms. The Morgan fingerprint density at radius 1 is 0.861 bits per heavy atom. The molecule has 36 heavy (non-hydrogen) atoms. The number of carbonyl (C=O) groups excluding carboxylic acids is 1. The summed E-state index contributed by atoms with van der Waals surface area (Å²) < 4.78 is 0. The first-order chi connectivity index (χ1) is 17.7. The molecule has 0 radical (unpaired) electrons. The van der Waals surface area contributed by atoms with E-state index in [2.05, 4.69) is 35.3 Å². The molecule has 0 fully saturated rings. The molecule has 0 aliphatic rings. The van der Waals surface area contributed by atoms with Crippen LogP contribution in [-0.2, 0) is 13.1 Å². The summed E-state index contributed by atoms with van der Waals surface area (Å²) >= 11 is 1.50. The largest absolute Gasteiger partial charge is 0.329 e. The fraction of sp³-hybridized carbons (Fsp3) is 0.0667. The SMILES string of the molecule is N#Cc1ccc(C(=O)N(Cc2ccc(C#N)c(-c3cccc4ccccc34)c2)Cc2cncs2)cc1. The first kappa shape index (κ1) is 23.0. The van der Waals surface area contributed by atoms with Gasteiger partial charge in [-0.05, 0) is 58.3 Å². The van der Waals surface area contributed by atoms with Gasteiger partial charge in [-0.25, -0.2) is 0 Å². The number of fused-ring (bicyclic) bond motifs is 1. The molecule has 0 unspecified atom stereocenters. The van der Waals surface area contributed by atoms with Crippen LogP contribution in [-0.4, -0.2) is 15.8 Å². The van der Waals surface area contributed by atoms with Gasteiger partial charge in [-0.15, -0.1) is 11.3 Å². The lowest BCUT2D eigenvalue weighted by atomic mass is 9.93. The minimum Gasteiger partial charge on any atom is -0.329 e. The Balaban J connectivity index is 1.53. The molecule has 4 aromatic carbocycles. The number of hydrogen-bond acceptors (Lipinski definition) is 5. The van der Waals surface area contributed by atoms with Gasteiger partial charge < -0.3 is 4.90 Å². The fourth-order valence-electron chi connectivity index (χ4n) is 4.27. The first-order valence-electron chi connectivity index (χ1n) is 11.3. The molecular weight excluding hydrogens is 464 g/mol. The van der Waals surface area contributed by atoms with Crippen molar-refractivity contribution in [1.82, 2.24) is 9.88 Å². The molecule has 6 heteroatoms. The predicted octanol–water partition coefficient (Wildman–Crippen LogP) is 6.55. The molecule has 172 valence electrons. The highest BCUT2D eigenvalue weighted by Crippen LogP contribution is 2.32. The normalized spacial score (nSPS) is 10.5. The minimum atomic E-state index is -0.135. The Labute approximate surface area is 213 Å². The summed E-state index contributed by atoms with van der Waals surface area (Å²) in [5, 5.41) is 21.1. The Hall–Kier alpha value is -4.78. The van der Waals surface area contributed by atoms with E-state index in [0.29, 0.717) is 29.8 Å². The quantitative estimate of drug-likeness (QED) is 0.274. The summed E-state index contributed by atoms with van der Waals surface area (Å²) in [6.45, 7) is 0.771. The van der Waals surface area contributed by atoms with Gasteiger partial charge in [-0.1, -0.05) is 48.5 Å². The van der Waals surface area contributed by atoms with Crippen molar-refractivity contribution in [3.8, 4) is 23.3 Å². The summed E-state index contributed by atoms with van der Waals surface area (Å²) in [6.07, 6.45) is 1.77. The molecule has 1 heterocycles. The molecule has 5 nitrogen and oxygen atoms in total. The lowest BCUT2D eigenvalue weighted by Gasteiger charge is -2.23. The van der Waals surface area contributed by atoms with Crippen molar-refractivity contribution in [2.24, 2.45) is 0 Å². The zero-order valence-corrected chi connectivity index (χ0v) is 20.1. The summed E-state index contributed by atoms with van der Waals surface area (Å²) in [7, 11) is 0. The number of carbonyl (C=O) groups is 1. The second-order valence-corrected chi connectivity index (χ2v) is 9.31. The van der Waals surface area contributed by atoms with Crippen LogP contribution < -0.4 is 0 Å². The van der Waals surface area contributed by atoms with Crippen LogP contribution in [0.1, 0.15) is 31.9 Å². The number of rotatable bonds is 6. The third kappa shape index (κ3) is 4.72. The number of thiazole rings is 1. The number of amides is 1. The molecule has 0 N–H and O–H groups in total. The Morgan fingerprint density at radius 3 is 2.42 bits per heavy atom. The minimum absolute atomic E-state index is 0.135. The molecule has 0 aliphatic heterocycles. The topological polar surface area (TPSA) is 80.8 Å². The molecule has 1 aromatic heterocycles. The van der Waals surface area contributed by atoms with E-state index in [-0.39, 0.29) is 5.91 Å². The highest BCUT2D eigenvalue weighted by molar-refractivity contribution is 7.09. The predicted molar refractivity (Wildman–Crippen MR) is 141 cm³/mol. The second-order valence-electron chi connectivity index (χ2n) is 8.34. The average Bonchev–Trinajstić information content (AvgIpc) is 3.45. The number of nitrogens with zero attached hydrogens (tertiary/aromatic N) is 4. The smallest absolute Gasteiger partial charge is 0.254 e. The molecule has 5 aromatic rings. The summed E-state index contributed by atoms with van der Waals surface area (Å²) in [5.41, 5.74) is 6.11. The maximum absolute atomic E-state index is 13.5. The van der Waals surface area contributed by atoms with E-state index in [4.69, 9.17) is 5.26 Å². The first-order valence-corrected chi connectivity index (χ1v) is 12.2. The van der Waals surface area contributed by atoms with E-state index < -0.39 is 0 Å². The summed E-state index contributed by atoms with van der Waals surface area (Å²) in [5.74, 6) is -0.135. The monoisotopic (exact) mass is 484 g/mol. The highest BCUT2D eigenvalue weighted by Gasteiger charge is 2.19. The van der Waals surface area contributed by atoms with E-state index >= 15 is 0 Å². The number of hydrogen-bond donors (Lipinski definition) is 0. The van der Waals surface area contributed by atoms with Gasteiger partial charge in [-0.2, -0.15) is 10.5 Å². The van der Waals surface area contributed by atoms with Crippen LogP contribution >= 0.6 is 11.3 Å². The zero-order chi connectivity index (χ0) is 24.9. The molecule has 1 amide bonds. The van der Waals surface area contributed by atoms with E-state index in [1.165, 1.54) is 11.3 Å². The standard InChI is InChI=1S/C30H20N4OS/c31-15-21-8-11-24(12-9-21)30(35)34(19-26-17-33-20-36-26)18-22-10-13-25(16-32)29(14-22)28-7-3-5-23-4-1-2-6-27(23)28/h1-14,17,20H,18-19H2. The van der Waals surface area contributed by atoms with Crippen LogP contribution in [0.15, 0.2) is 96.6 Å². The van der Waals surface area contributed by atoms with Gasteiger partial charge >= 0.3 is 0 Å². The highest BCUT2D eigenvalue weighted by atomic mass is 32.1. The van der Waals surface area contributed by atoms with Gasteiger partial charge in [0.25, 0.3) is 5.91 Å². The van der Waals surface area contributed by atoms with Gasteiger partial charge in [0, 0.05) is 28.7 Å². The Kier molecular flexibility index (Phi) is 6.53. The summed E-state index contributed by atoms with van der Waals surface area (Å²) in [4.78, 5) is 20.4. The van der Waals surface area contributed by atoms with Gasteiger partial charge in [0.2, 0.25) is 0 Å². The molecule has 0 saturated heterocycles. The Bertz CT molecular complexity index is 1620. The third-order valence-corrected chi connectivity index (χ3v) is 6.80. The van der Waals surface area contributed by atoms with Gasteiger partial charge in [-0.3, -0.25) is 9.78 Å². The summed E-state index contributed by atoms with van der Waals surface area (Å²) in [6, 6.07) is 31.0. The molecule has 0 spiro atoms. The van der Waals surface area contributed by atoms with Crippen molar-refractivity contribution in [2.45, 2.75) is 13.1 Å². The second kappa shape index (κ2) is 10.2. The fourth-order valence-corrected chi connectivity index (χ4v) is 4.88. The van der Waals surface area contributed by atoms with Crippen LogP contribution in [0.5, 0.6) is 0 Å². The third-order valence-electron chi connectivity index (χ3n) is 6.04. The van der Waals surface area contributed by atoms with Crippen molar-refractivity contribution >= 4 is 28.0 Å². The van der Waals surface area contributed by atoms with Gasteiger partial charge in [0.15, 0.2) is 0 Å². The lowest BCUT2D eigenvalue weighted by Crippen LogP contribution is -2.29. The van der Waals surface area contributed by atoms with Gasteiger partial charge in [0.1, 0.15) is 0 Å². The molecule has 0 atom stereocenters. The maximum Gasteiger partial charge on any atom is 0.254 e. The molecule has 0 aliphatic carbocycles. The molecule has 0 saturated carbocycles.